The van der Waals surface area contributed by atoms with Crippen molar-refractivity contribution in [3.8, 4) is 0 Å². The molecular weight excluding hydrogens is 198 g/mol. The van der Waals surface area contributed by atoms with Gasteiger partial charge in [0.15, 0.2) is 0 Å². The van der Waals surface area contributed by atoms with Crippen molar-refractivity contribution in [3.63, 3.8) is 0 Å². The van der Waals surface area contributed by atoms with Gasteiger partial charge >= 0.3 is 0 Å². The highest BCUT2D eigenvalue weighted by Crippen LogP contribution is 2.16. The first-order valence-electron chi connectivity index (χ1n) is 5.54. The molecule has 0 atom stereocenters. The minimum atomic E-state index is 0.147. The van der Waals surface area contributed by atoms with Crippen LogP contribution in [0.4, 0.5) is 0 Å². The summed E-state index contributed by atoms with van der Waals surface area (Å²) >= 11 is 5.98. The molecule has 86 valence electrons. The second-order valence-corrected chi connectivity index (χ2v) is 4.02. The Kier molecular flexibility index (Phi) is 8.64. The Labute approximate surface area is 93.4 Å². The van der Waals surface area contributed by atoms with Gasteiger partial charge in [0.25, 0.3) is 0 Å². The number of unbranched alkanes of at least 4 members (excludes halogenated alkanes) is 1. The van der Waals surface area contributed by atoms with Crippen molar-refractivity contribution in [1.29, 1.82) is 0 Å². The lowest BCUT2D eigenvalue weighted by Crippen LogP contribution is -2.46. The van der Waals surface area contributed by atoms with Crippen LogP contribution in [-0.4, -0.2) is 31.7 Å². The molecule has 1 N–H and O–H groups in total. The molecule has 0 aromatic carbocycles. The minimum absolute atomic E-state index is 0.147. The Bertz CT molecular complexity index is 118. The number of hydrogen-bond donors (Lipinski definition) is 1. The number of nitrogens with one attached hydrogen (secondary N) is 1. The summed E-state index contributed by atoms with van der Waals surface area (Å²) in [5, 5.41) is 3.55. The molecule has 0 rings (SSSR count). The van der Waals surface area contributed by atoms with Crippen molar-refractivity contribution < 1.29 is 4.74 Å². The molecule has 0 bridgehead atoms. The van der Waals surface area contributed by atoms with E-state index >= 15 is 0 Å². The van der Waals surface area contributed by atoms with E-state index in [1.54, 1.807) is 7.11 Å². The quantitative estimate of drug-likeness (QED) is 0.478. The largest absolute Gasteiger partial charge is 0.385 e. The maximum absolute atomic E-state index is 5.98. The average Bonchev–Trinajstić information content (AvgIpc) is 2.24. The van der Waals surface area contributed by atoms with Crippen LogP contribution in [0.25, 0.3) is 0 Å². The van der Waals surface area contributed by atoms with Crippen molar-refractivity contribution in [2.24, 2.45) is 0 Å². The fourth-order valence-electron chi connectivity index (χ4n) is 1.46. The first-order chi connectivity index (χ1) is 6.74. The summed E-state index contributed by atoms with van der Waals surface area (Å²) in [5.74, 6) is 0.699. The Hall–Kier alpha value is 0.210. The van der Waals surface area contributed by atoms with Crippen LogP contribution in [0.5, 0.6) is 0 Å². The van der Waals surface area contributed by atoms with Gasteiger partial charge in [0, 0.05) is 25.1 Å². The molecule has 0 aliphatic rings. The summed E-state index contributed by atoms with van der Waals surface area (Å²) in [4.78, 5) is 0. The predicted octanol–water partition coefficient (Wildman–Crippen LogP) is 2.80. The molecule has 0 aliphatic heterocycles. The van der Waals surface area contributed by atoms with Gasteiger partial charge in [0.2, 0.25) is 0 Å². The van der Waals surface area contributed by atoms with Gasteiger partial charge in [-0.25, -0.2) is 0 Å². The Morgan fingerprint density at radius 3 is 2.29 bits per heavy atom. The van der Waals surface area contributed by atoms with E-state index in [1.165, 1.54) is 0 Å². The Balaban J connectivity index is 3.61. The summed E-state index contributed by atoms with van der Waals surface area (Å²) in [6.07, 6.45) is 4.47. The second kappa shape index (κ2) is 8.51. The first-order valence-corrected chi connectivity index (χ1v) is 6.08. The van der Waals surface area contributed by atoms with Gasteiger partial charge in [0.05, 0.1) is 0 Å². The van der Waals surface area contributed by atoms with Crippen molar-refractivity contribution in [2.75, 3.05) is 26.1 Å². The number of alkyl halides is 1. The normalized spacial score (nSPS) is 12.0. The first kappa shape index (κ1) is 14.2. The molecule has 0 saturated heterocycles. The second-order valence-electron chi connectivity index (χ2n) is 3.75. The monoisotopic (exact) mass is 221 g/mol. The summed E-state index contributed by atoms with van der Waals surface area (Å²) < 4.78 is 5.00. The summed E-state index contributed by atoms with van der Waals surface area (Å²) in [5.41, 5.74) is 0.147. The van der Waals surface area contributed by atoms with E-state index in [0.717, 1.165) is 38.8 Å². The summed E-state index contributed by atoms with van der Waals surface area (Å²) in [7, 11) is 1.74. The molecule has 2 nitrogen and oxygen atoms in total. The van der Waals surface area contributed by atoms with Crippen molar-refractivity contribution in [3.05, 3.63) is 0 Å². The molecule has 0 aromatic rings. The molecular formula is C11H24ClNO. The van der Waals surface area contributed by atoms with Crippen LogP contribution >= 0.6 is 11.6 Å². The third-order valence-electron chi connectivity index (χ3n) is 2.88. The molecule has 3 heteroatoms. The molecule has 0 aliphatic carbocycles. The zero-order valence-electron chi connectivity index (χ0n) is 9.74. The topological polar surface area (TPSA) is 21.3 Å². The molecule has 0 unspecified atom stereocenters. The predicted molar refractivity (Wildman–Crippen MR) is 63.1 cm³/mol. The van der Waals surface area contributed by atoms with Crippen molar-refractivity contribution in [1.82, 2.24) is 5.32 Å². The van der Waals surface area contributed by atoms with Gasteiger partial charge in [-0.15, -0.1) is 11.6 Å². The maximum Gasteiger partial charge on any atom is 0.0462 e. The molecule has 0 saturated carbocycles. The lowest BCUT2D eigenvalue weighted by Gasteiger charge is -2.30. The zero-order chi connectivity index (χ0) is 10.9. The fourth-order valence-corrected chi connectivity index (χ4v) is 1.93. The molecule has 0 amide bonds. The van der Waals surface area contributed by atoms with Crippen LogP contribution in [0.1, 0.15) is 39.5 Å². The smallest absolute Gasteiger partial charge is 0.0462 e. The van der Waals surface area contributed by atoms with E-state index < -0.39 is 0 Å². The number of rotatable bonds is 9. The van der Waals surface area contributed by atoms with Gasteiger partial charge in [-0.05, 0) is 32.2 Å². The summed E-state index contributed by atoms with van der Waals surface area (Å²) in [6, 6.07) is 0. The van der Waals surface area contributed by atoms with E-state index in [0.29, 0.717) is 5.88 Å². The highest BCUT2D eigenvalue weighted by Gasteiger charge is 2.23. The number of hydrogen-bond acceptors (Lipinski definition) is 2. The lowest BCUT2D eigenvalue weighted by atomic mass is 9.95. The summed E-state index contributed by atoms with van der Waals surface area (Å²) in [6.45, 7) is 6.27. The third-order valence-corrected chi connectivity index (χ3v) is 3.40. The van der Waals surface area contributed by atoms with Crippen LogP contribution < -0.4 is 5.32 Å². The van der Waals surface area contributed by atoms with Gasteiger partial charge < -0.3 is 10.1 Å². The number of methoxy groups -OCH3 is 1. The van der Waals surface area contributed by atoms with Crippen molar-refractivity contribution in [2.45, 2.75) is 45.1 Å². The highest BCUT2D eigenvalue weighted by atomic mass is 35.5. The standard InChI is InChI=1S/C11H24ClNO/c1-4-11(5-2,10-12)13-8-6-7-9-14-3/h13H,4-10H2,1-3H3. The molecule has 0 heterocycles. The van der Waals surface area contributed by atoms with Crippen LogP contribution in [0, 0.1) is 0 Å². The van der Waals surface area contributed by atoms with E-state index in [2.05, 4.69) is 19.2 Å². The van der Waals surface area contributed by atoms with E-state index in [-0.39, 0.29) is 5.54 Å². The average molecular weight is 222 g/mol. The molecule has 0 spiro atoms. The SMILES string of the molecule is CCC(CC)(CCl)NCCCCOC. The van der Waals surface area contributed by atoms with E-state index in [4.69, 9.17) is 16.3 Å². The molecule has 0 fully saturated rings. The third kappa shape index (κ3) is 5.18. The van der Waals surface area contributed by atoms with Gasteiger partial charge in [-0.2, -0.15) is 0 Å². The Morgan fingerprint density at radius 2 is 1.86 bits per heavy atom. The highest BCUT2D eigenvalue weighted by molar-refractivity contribution is 6.18. The molecule has 0 radical (unpaired) electrons. The maximum atomic E-state index is 5.98. The van der Waals surface area contributed by atoms with Gasteiger partial charge in [-0.3, -0.25) is 0 Å². The lowest BCUT2D eigenvalue weighted by molar-refractivity contribution is 0.191. The van der Waals surface area contributed by atoms with Crippen LogP contribution in [0.15, 0.2) is 0 Å². The molecule has 14 heavy (non-hydrogen) atoms. The molecule has 0 aromatic heterocycles. The van der Waals surface area contributed by atoms with E-state index in [9.17, 15) is 0 Å². The van der Waals surface area contributed by atoms with Gasteiger partial charge in [-0.1, -0.05) is 13.8 Å². The van der Waals surface area contributed by atoms with E-state index in [1.807, 2.05) is 0 Å². The van der Waals surface area contributed by atoms with Crippen LogP contribution in [-0.2, 0) is 4.74 Å². The van der Waals surface area contributed by atoms with Gasteiger partial charge in [0.1, 0.15) is 0 Å². The van der Waals surface area contributed by atoms with Crippen molar-refractivity contribution >= 4 is 11.6 Å². The number of ether oxygens (including phenoxy) is 1. The zero-order valence-corrected chi connectivity index (χ0v) is 10.5. The van der Waals surface area contributed by atoms with Crippen LogP contribution in [0.3, 0.4) is 0 Å². The number of halogens is 1. The minimum Gasteiger partial charge on any atom is -0.385 e. The Morgan fingerprint density at radius 1 is 1.21 bits per heavy atom. The van der Waals surface area contributed by atoms with Crippen LogP contribution in [0.2, 0.25) is 0 Å². The fraction of sp³-hybridized carbons (Fsp3) is 1.00.